The molecule has 0 amide bonds. The molecule has 0 saturated heterocycles. The fourth-order valence-electron chi connectivity index (χ4n) is 2.16. The van der Waals surface area contributed by atoms with E-state index >= 15 is 0 Å². The van der Waals surface area contributed by atoms with Crippen LogP contribution in [0, 0.1) is 18.8 Å². The molecule has 23 heavy (non-hydrogen) atoms. The number of anilines is 2. The minimum Gasteiger partial charge on any atom is -0.338 e. The maximum Gasteiger partial charge on any atom is 0.246 e. The van der Waals surface area contributed by atoms with E-state index in [4.69, 9.17) is 9.47 Å². The van der Waals surface area contributed by atoms with Crippen LogP contribution in [-0.4, -0.2) is 30.1 Å². The van der Waals surface area contributed by atoms with Crippen LogP contribution in [0.4, 0.5) is 11.6 Å². The van der Waals surface area contributed by atoms with Gasteiger partial charge in [0.15, 0.2) is 0 Å². The molecule has 2 aromatic rings. The third-order valence-corrected chi connectivity index (χ3v) is 3.07. The summed E-state index contributed by atoms with van der Waals surface area (Å²) in [5.41, 5.74) is 2.39. The molecular weight excluding hydrogens is 290 g/mol. The lowest BCUT2D eigenvalue weighted by molar-refractivity contribution is -0.114. The molecule has 1 aromatic carbocycles. The van der Waals surface area contributed by atoms with Crippen LogP contribution in [0.1, 0.15) is 25.2 Å². The Morgan fingerprint density at radius 1 is 1.22 bits per heavy atom. The van der Waals surface area contributed by atoms with Crippen molar-refractivity contribution in [2.45, 2.75) is 27.2 Å². The molecule has 0 fully saturated rings. The molecule has 0 radical (unpaired) electrons. The highest BCUT2D eigenvalue weighted by Crippen LogP contribution is 2.26. The highest BCUT2D eigenvalue weighted by atomic mass is 16.7. The number of ether oxygens (including phenoxy) is 2. The van der Waals surface area contributed by atoms with Gasteiger partial charge in [0.25, 0.3) is 0 Å². The number of nitrogens with zero attached hydrogens (tertiary/aromatic N) is 3. The van der Waals surface area contributed by atoms with Crippen molar-refractivity contribution in [1.29, 1.82) is 0 Å². The van der Waals surface area contributed by atoms with E-state index in [1.165, 1.54) is 0 Å². The van der Waals surface area contributed by atoms with E-state index in [0.29, 0.717) is 18.2 Å². The Morgan fingerprint density at radius 2 is 1.96 bits per heavy atom. The summed E-state index contributed by atoms with van der Waals surface area (Å²) in [6, 6.07) is 11.6. The summed E-state index contributed by atoms with van der Waals surface area (Å²) in [7, 11) is 1.60. The molecule has 1 aromatic heterocycles. The van der Waals surface area contributed by atoms with Crippen molar-refractivity contribution < 1.29 is 9.47 Å². The standard InChI is InChI=1S/C18H21N3O2/c1-5-10-15-13-14(3)19-17(20-15)21(18(22-4)23-6-2)16-11-8-7-9-12-16/h7-9,11-13,18H,6H2,1-4H3. The molecule has 5 nitrogen and oxygen atoms in total. The molecule has 5 heteroatoms. The Hall–Kier alpha value is -2.42. The van der Waals surface area contributed by atoms with Crippen LogP contribution in [0.5, 0.6) is 0 Å². The number of para-hydroxylation sites is 1. The Balaban J connectivity index is 2.54. The van der Waals surface area contributed by atoms with E-state index in [1.54, 1.807) is 14.0 Å². The first-order chi connectivity index (χ1) is 11.2. The third-order valence-electron chi connectivity index (χ3n) is 3.07. The molecule has 0 N–H and O–H groups in total. The molecular formula is C18H21N3O2. The van der Waals surface area contributed by atoms with Crippen molar-refractivity contribution in [1.82, 2.24) is 9.97 Å². The van der Waals surface area contributed by atoms with Crippen molar-refractivity contribution in [3.8, 4) is 11.8 Å². The van der Waals surface area contributed by atoms with Gasteiger partial charge in [0.2, 0.25) is 12.4 Å². The Labute approximate surface area is 137 Å². The Bertz CT molecular complexity index is 692. The van der Waals surface area contributed by atoms with Crippen molar-refractivity contribution in [3.05, 3.63) is 47.8 Å². The topological polar surface area (TPSA) is 47.5 Å². The molecule has 1 unspecified atom stereocenters. The first kappa shape index (κ1) is 16.9. The van der Waals surface area contributed by atoms with Crippen LogP contribution in [0.2, 0.25) is 0 Å². The van der Waals surface area contributed by atoms with Gasteiger partial charge in [-0.1, -0.05) is 24.1 Å². The lowest BCUT2D eigenvalue weighted by Gasteiger charge is -2.30. The first-order valence-corrected chi connectivity index (χ1v) is 7.46. The zero-order valence-corrected chi connectivity index (χ0v) is 13.9. The molecule has 0 spiro atoms. The number of hydrogen-bond acceptors (Lipinski definition) is 5. The summed E-state index contributed by atoms with van der Waals surface area (Å²) >= 11 is 0. The normalized spacial score (nSPS) is 11.5. The van der Waals surface area contributed by atoms with Gasteiger partial charge in [-0.05, 0) is 44.9 Å². The number of methoxy groups -OCH3 is 1. The molecule has 0 aliphatic carbocycles. The second-order valence-corrected chi connectivity index (χ2v) is 4.77. The third kappa shape index (κ3) is 4.28. The van der Waals surface area contributed by atoms with Crippen molar-refractivity contribution >= 4 is 11.6 Å². The second kappa shape index (κ2) is 8.28. The van der Waals surface area contributed by atoms with Crippen molar-refractivity contribution in [3.63, 3.8) is 0 Å². The van der Waals surface area contributed by atoms with Gasteiger partial charge in [0.1, 0.15) is 5.69 Å². The fourth-order valence-corrected chi connectivity index (χ4v) is 2.16. The van der Waals surface area contributed by atoms with Gasteiger partial charge < -0.3 is 9.47 Å². The average molecular weight is 311 g/mol. The zero-order valence-electron chi connectivity index (χ0n) is 13.9. The average Bonchev–Trinajstić information content (AvgIpc) is 2.55. The van der Waals surface area contributed by atoms with Crippen LogP contribution in [0.3, 0.4) is 0 Å². The molecule has 1 atom stereocenters. The van der Waals surface area contributed by atoms with E-state index in [9.17, 15) is 0 Å². The first-order valence-electron chi connectivity index (χ1n) is 7.46. The molecule has 1 heterocycles. The van der Waals surface area contributed by atoms with E-state index in [0.717, 1.165) is 11.4 Å². The van der Waals surface area contributed by atoms with E-state index < -0.39 is 6.41 Å². The molecule has 0 aliphatic rings. The number of aryl methyl sites for hydroxylation is 1. The van der Waals surface area contributed by atoms with Gasteiger partial charge >= 0.3 is 0 Å². The van der Waals surface area contributed by atoms with E-state index in [2.05, 4.69) is 21.8 Å². The quantitative estimate of drug-likeness (QED) is 0.605. The highest BCUT2D eigenvalue weighted by Gasteiger charge is 2.23. The monoisotopic (exact) mass is 311 g/mol. The van der Waals surface area contributed by atoms with E-state index in [1.807, 2.05) is 55.1 Å². The van der Waals surface area contributed by atoms with Gasteiger partial charge in [0, 0.05) is 25.1 Å². The smallest absolute Gasteiger partial charge is 0.246 e. The van der Waals surface area contributed by atoms with Crippen LogP contribution in [-0.2, 0) is 9.47 Å². The van der Waals surface area contributed by atoms with Gasteiger partial charge in [-0.15, -0.1) is 0 Å². The number of benzene rings is 1. The minimum absolute atomic E-state index is 0.495. The number of aromatic nitrogens is 2. The van der Waals surface area contributed by atoms with Crippen LogP contribution in [0.15, 0.2) is 36.4 Å². The zero-order chi connectivity index (χ0) is 16.7. The summed E-state index contributed by atoms with van der Waals surface area (Å²) in [4.78, 5) is 10.9. The Kier molecular flexibility index (Phi) is 6.10. The lowest BCUT2D eigenvalue weighted by atomic mass is 10.3. The Morgan fingerprint density at radius 3 is 2.57 bits per heavy atom. The van der Waals surface area contributed by atoms with Gasteiger partial charge in [-0.25, -0.2) is 9.97 Å². The number of rotatable bonds is 6. The van der Waals surface area contributed by atoms with Gasteiger partial charge in [-0.2, -0.15) is 0 Å². The largest absolute Gasteiger partial charge is 0.338 e. The molecule has 0 saturated carbocycles. The SMILES string of the molecule is CC#Cc1cc(C)nc(N(c2ccccc2)C(OC)OCC)n1. The molecule has 0 bridgehead atoms. The van der Waals surface area contributed by atoms with Crippen LogP contribution in [0.25, 0.3) is 0 Å². The maximum absolute atomic E-state index is 5.69. The molecule has 120 valence electrons. The summed E-state index contributed by atoms with van der Waals surface area (Å²) in [5, 5.41) is 0. The predicted molar refractivity (Wildman–Crippen MR) is 90.3 cm³/mol. The summed E-state index contributed by atoms with van der Waals surface area (Å²) in [5.74, 6) is 6.33. The van der Waals surface area contributed by atoms with Gasteiger partial charge in [0.05, 0.1) is 0 Å². The maximum atomic E-state index is 5.69. The van der Waals surface area contributed by atoms with Crippen molar-refractivity contribution in [2.75, 3.05) is 18.6 Å². The second-order valence-electron chi connectivity index (χ2n) is 4.77. The summed E-state index contributed by atoms with van der Waals surface area (Å²) in [6.45, 7) is 6.12. The molecule has 0 aliphatic heterocycles. The van der Waals surface area contributed by atoms with Crippen molar-refractivity contribution in [2.24, 2.45) is 0 Å². The summed E-state index contributed by atoms with van der Waals surface area (Å²) in [6.07, 6.45) is -0.619. The number of hydrogen-bond donors (Lipinski definition) is 0. The minimum atomic E-state index is -0.619. The van der Waals surface area contributed by atoms with E-state index in [-0.39, 0.29) is 0 Å². The summed E-state index contributed by atoms with van der Waals surface area (Å²) < 4.78 is 11.2. The predicted octanol–water partition coefficient (Wildman–Crippen LogP) is 3.26. The highest BCUT2D eigenvalue weighted by molar-refractivity contribution is 5.57. The molecule has 2 rings (SSSR count). The fraction of sp³-hybridized carbons (Fsp3) is 0.333. The van der Waals surface area contributed by atoms with Crippen LogP contribution >= 0.6 is 0 Å². The lowest BCUT2D eigenvalue weighted by Crippen LogP contribution is -2.36. The van der Waals surface area contributed by atoms with Gasteiger partial charge in [-0.3, -0.25) is 4.90 Å². The van der Waals surface area contributed by atoms with Crippen LogP contribution < -0.4 is 4.90 Å².